The zero-order chi connectivity index (χ0) is 9.68. The van der Waals surface area contributed by atoms with Gasteiger partial charge in [-0.2, -0.15) is 9.97 Å². The lowest BCUT2D eigenvalue weighted by Crippen LogP contribution is -2.07. The number of anilines is 1. The summed E-state index contributed by atoms with van der Waals surface area (Å²) in [5.41, 5.74) is 0. The van der Waals surface area contributed by atoms with E-state index in [2.05, 4.69) is 27.2 Å². The van der Waals surface area contributed by atoms with E-state index in [1.54, 1.807) is 0 Å². The lowest BCUT2D eigenvalue weighted by atomic mass is 10.3. The minimum absolute atomic E-state index is 0.693. The highest BCUT2D eigenvalue weighted by Gasteiger charge is 1.98. The van der Waals surface area contributed by atoms with E-state index in [9.17, 15) is 0 Å². The van der Waals surface area contributed by atoms with Crippen LogP contribution in [0.4, 0.5) is 5.95 Å². The summed E-state index contributed by atoms with van der Waals surface area (Å²) in [5, 5.41) is 3.16. The first-order chi connectivity index (χ1) is 6.22. The van der Waals surface area contributed by atoms with E-state index in [-0.39, 0.29) is 0 Å². The van der Waals surface area contributed by atoms with Crippen molar-refractivity contribution in [3.63, 3.8) is 0 Å². The van der Waals surface area contributed by atoms with Crippen LogP contribution in [0, 0.1) is 13.8 Å². The molecule has 1 rings (SSSR count). The van der Waals surface area contributed by atoms with Gasteiger partial charge in [0.1, 0.15) is 11.6 Å². The molecule has 1 N–H and O–H groups in total. The largest absolute Gasteiger partial charge is 0.354 e. The highest BCUT2D eigenvalue weighted by Crippen LogP contribution is 1.99. The predicted octanol–water partition coefficient (Wildman–Crippen LogP) is 1.70. The summed E-state index contributed by atoms with van der Waals surface area (Å²) in [6, 6.07) is 0. The molecule has 72 valence electrons. The van der Waals surface area contributed by atoms with Crippen LogP contribution in [0.25, 0.3) is 0 Å². The van der Waals surface area contributed by atoms with E-state index >= 15 is 0 Å². The van der Waals surface area contributed by atoms with Crippen LogP contribution in [0.3, 0.4) is 0 Å². The van der Waals surface area contributed by atoms with Crippen molar-refractivity contribution in [1.82, 2.24) is 15.0 Å². The fraction of sp³-hybridized carbons (Fsp3) is 0.667. The molecular weight excluding hydrogens is 164 g/mol. The summed E-state index contributed by atoms with van der Waals surface area (Å²) in [4.78, 5) is 12.4. The van der Waals surface area contributed by atoms with E-state index in [1.165, 1.54) is 6.42 Å². The Bertz CT molecular complexity index is 252. The quantitative estimate of drug-likeness (QED) is 0.716. The van der Waals surface area contributed by atoms with Gasteiger partial charge in [0.25, 0.3) is 0 Å². The molecule has 0 saturated carbocycles. The van der Waals surface area contributed by atoms with Gasteiger partial charge in [-0.05, 0) is 20.3 Å². The molecule has 1 heterocycles. The Balaban J connectivity index is 2.56. The molecule has 0 aromatic carbocycles. The van der Waals surface area contributed by atoms with Gasteiger partial charge in [-0.1, -0.05) is 13.3 Å². The van der Waals surface area contributed by atoms with Crippen LogP contribution in [0.5, 0.6) is 0 Å². The van der Waals surface area contributed by atoms with Gasteiger partial charge in [0.15, 0.2) is 0 Å². The van der Waals surface area contributed by atoms with Crippen molar-refractivity contribution in [3.05, 3.63) is 11.6 Å². The summed E-state index contributed by atoms with van der Waals surface area (Å²) in [7, 11) is 0. The van der Waals surface area contributed by atoms with Gasteiger partial charge in [0, 0.05) is 6.54 Å². The van der Waals surface area contributed by atoms with E-state index in [1.807, 2.05) is 13.8 Å². The molecule has 0 unspecified atom stereocenters. The van der Waals surface area contributed by atoms with Crippen LogP contribution in [0.2, 0.25) is 0 Å². The molecule has 0 spiro atoms. The lowest BCUT2D eigenvalue weighted by Gasteiger charge is -2.04. The van der Waals surface area contributed by atoms with Gasteiger partial charge >= 0.3 is 0 Å². The third kappa shape index (κ3) is 3.36. The van der Waals surface area contributed by atoms with Crippen LogP contribution >= 0.6 is 0 Å². The van der Waals surface area contributed by atoms with Crippen molar-refractivity contribution in [3.8, 4) is 0 Å². The number of unbranched alkanes of at least 4 members (excludes halogenated alkanes) is 1. The van der Waals surface area contributed by atoms with E-state index in [0.29, 0.717) is 5.95 Å². The molecule has 0 aliphatic rings. The number of hydrogen-bond acceptors (Lipinski definition) is 4. The highest BCUT2D eigenvalue weighted by molar-refractivity contribution is 5.23. The fourth-order valence-electron chi connectivity index (χ4n) is 1.07. The summed E-state index contributed by atoms with van der Waals surface area (Å²) in [6.07, 6.45) is 2.32. The topological polar surface area (TPSA) is 50.7 Å². The molecule has 0 fully saturated rings. The number of nitrogens with zero attached hydrogens (tertiary/aromatic N) is 3. The standard InChI is InChI=1S/C9H16N4/c1-4-5-6-10-9-12-7(2)11-8(3)13-9/h4-6H2,1-3H3,(H,10,11,12,13). The minimum atomic E-state index is 0.693. The van der Waals surface area contributed by atoms with Crippen LogP contribution in [0.1, 0.15) is 31.4 Å². The molecule has 1 aromatic heterocycles. The zero-order valence-electron chi connectivity index (χ0n) is 8.46. The molecule has 0 aliphatic carbocycles. The van der Waals surface area contributed by atoms with Gasteiger partial charge in [0.05, 0.1) is 0 Å². The molecule has 0 radical (unpaired) electrons. The first-order valence-corrected chi connectivity index (χ1v) is 4.65. The smallest absolute Gasteiger partial charge is 0.226 e. The predicted molar refractivity (Wildman–Crippen MR) is 52.7 cm³/mol. The molecule has 4 heteroatoms. The zero-order valence-corrected chi connectivity index (χ0v) is 8.46. The summed E-state index contributed by atoms with van der Waals surface area (Å²) >= 11 is 0. The van der Waals surface area contributed by atoms with Crippen LogP contribution in [0.15, 0.2) is 0 Å². The number of aryl methyl sites for hydroxylation is 2. The molecule has 13 heavy (non-hydrogen) atoms. The number of aromatic nitrogens is 3. The summed E-state index contributed by atoms with van der Waals surface area (Å²) in [5.74, 6) is 2.23. The molecule has 0 aliphatic heterocycles. The number of nitrogens with one attached hydrogen (secondary N) is 1. The first-order valence-electron chi connectivity index (χ1n) is 4.65. The average molecular weight is 180 g/mol. The normalized spacial score (nSPS) is 10.1. The van der Waals surface area contributed by atoms with Gasteiger partial charge < -0.3 is 5.32 Å². The SMILES string of the molecule is CCCCNc1nc(C)nc(C)n1. The molecule has 0 saturated heterocycles. The summed E-state index contributed by atoms with van der Waals surface area (Å²) < 4.78 is 0. The Morgan fingerprint density at radius 1 is 1.08 bits per heavy atom. The van der Waals surface area contributed by atoms with Crippen molar-refractivity contribution in [2.24, 2.45) is 0 Å². The first kappa shape index (κ1) is 9.89. The monoisotopic (exact) mass is 180 g/mol. The second-order valence-corrected chi connectivity index (χ2v) is 3.03. The van der Waals surface area contributed by atoms with Gasteiger partial charge in [0.2, 0.25) is 5.95 Å². The Kier molecular flexibility index (Phi) is 3.61. The average Bonchev–Trinajstić information content (AvgIpc) is 2.03. The lowest BCUT2D eigenvalue weighted by molar-refractivity contribution is 0.817. The second kappa shape index (κ2) is 4.74. The Labute approximate surface area is 78.8 Å². The van der Waals surface area contributed by atoms with E-state index in [0.717, 1.165) is 24.6 Å². The van der Waals surface area contributed by atoms with Crippen molar-refractivity contribution >= 4 is 5.95 Å². The number of rotatable bonds is 4. The molecule has 0 atom stereocenters. The maximum atomic E-state index is 4.17. The van der Waals surface area contributed by atoms with Crippen LogP contribution in [-0.2, 0) is 0 Å². The molecule has 0 amide bonds. The van der Waals surface area contributed by atoms with Gasteiger partial charge in [-0.25, -0.2) is 4.98 Å². The molecular formula is C9H16N4. The maximum absolute atomic E-state index is 4.17. The van der Waals surface area contributed by atoms with Gasteiger partial charge in [-0.15, -0.1) is 0 Å². The van der Waals surface area contributed by atoms with Crippen molar-refractivity contribution in [2.45, 2.75) is 33.6 Å². The third-order valence-electron chi connectivity index (χ3n) is 1.67. The third-order valence-corrected chi connectivity index (χ3v) is 1.67. The highest BCUT2D eigenvalue weighted by atomic mass is 15.1. The molecule has 1 aromatic rings. The Morgan fingerprint density at radius 2 is 1.69 bits per heavy atom. The van der Waals surface area contributed by atoms with E-state index < -0.39 is 0 Å². The van der Waals surface area contributed by atoms with Crippen molar-refractivity contribution in [2.75, 3.05) is 11.9 Å². The molecule has 4 nitrogen and oxygen atoms in total. The van der Waals surface area contributed by atoms with Crippen molar-refractivity contribution < 1.29 is 0 Å². The van der Waals surface area contributed by atoms with Gasteiger partial charge in [-0.3, -0.25) is 0 Å². The van der Waals surface area contributed by atoms with Crippen LogP contribution < -0.4 is 5.32 Å². The fourth-order valence-corrected chi connectivity index (χ4v) is 1.07. The van der Waals surface area contributed by atoms with Crippen molar-refractivity contribution in [1.29, 1.82) is 0 Å². The Hall–Kier alpha value is -1.19. The van der Waals surface area contributed by atoms with E-state index in [4.69, 9.17) is 0 Å². The number of hydrogen-bond donors (Lipinski definition) is 1. The van der Waals surface area contributed by atoms with Crippen LogP contribution in [-0.4, -0.2) is 21.5 Å². The second-order valence-electron chi connectivity index (χ2n) is 3.03. The summed E-state index contributed by atoms with van der Waals surface area (Å²) in [6.45, 7) is 6.84. The minimum Gasteiger partial charge on any atom is -0.354 e. The molecule has 0 bridgehead atoms. The Morgan fingerprint density at radius 3 is 2.23 bits per heavy atom. The maximum Gasteiger partial charge on any atom is 0.226 e.